The first-order valence-corrected chi connectivity index (χ1v) is 5.67. The summed E-state index contributed by atoms with van der Waals surface area (Å²) in [7, 11) is 1.49. The summed E-state index contributed by atoms with van der Waals surface area (Å²) in [5.74, 6) is -1.19. The van der Waals surface area contributed by atoms with Crippen LogP contribution in [0.15, 0.2) is 6.07 Å². The van der Waals surface area contributed by atoms with Gasteiger partial charge in [0.1, 0.15) is 5.82 Å². The average Bonchev–Trinajstić information content (AvgIpc) is 2.27. The molecule has 7 heteroatoms. The van der Waals surface area contributed by atoms with Crippen LogP contribution in [0, 0.1) is 0 Å². The molecule has 1 atom stereocenters. The van der Waals surface area contributed by atoms with Gasteiger partial charge in [-0.25, -0.2) is 4.98 Å². The first-order valence-electron chi connectivity index (χ1n) is 5.67. The van der Waals surface area contributed by atoms with Crippen LogP contribution in [0.2, 0.25) is 0 Å². The van der Waals surface area contributed by atoms with Crippen molar-refractivity contribution in [3.8, 4) is 5.88 Å². The summed E-state index contributed by atoms with van der Waals surface area (Å²) in [6.07, 6.45) is -3.13. The van der Waals surface area contributed by atoms with Crippen molar-refractivity contribution in [2.75, 3.05) is 12.4 Å². The van der Waals surface area contributed by atoms with Crippen LogP contribution < -0.4 is 10.1 Å². The highest BCUT2D eigenvalue weighted by Gasteiger charge is 2.35. The number of halogens is 3. The third-order valence-electron chi connectivity index (χ3n) is 2.23. The molecule has 0 fully saturated rings. The van der Waals surface area contributed by atoms with E-state index in [1.165, 1.54) is 13.1 Å². The number of alkyl halides is 3. The fraction of sp³-hybridized carbons (Fsp3) is 0.636. The smallest absolute Gasteiger partial charge is 0.451 e. The van der Waals surface area contributed by atoms with Gasteiger partial charge in [-0.15, -0.1) is 0 Å². The molecule has 0 spiro atoms. The Balaban J connectivity index is 2.97. The standard InChI is InChI=1S/C11H16F3N3O/c1-4-5-7(2)18-9-6-8(15-3)16-10(17-9)11(12,13)14/h6-7H,4-5H2,1-3H3,(H,15,16,17). The lowest BCUT2D eigenvalue weighted by molar-refractivity contribution is -0.145. The maximum atomic E-state index is 12.6. The second kappa shape index (κ2) is 5.88. The topological polar surface area (TPSA) is 47.0 Å². The van der Waals surface area contributed by atoms with Gasteiger partial charge in [0, 0.05) is 13.1 Å². The van der Waals surface area contributed by atoms with Gasteiger partial charge in [-0.2, -0.15) is 18.2 Å². The van der Waals surface area contributed by atoms with Crippen LogP contribution in [0.25, 0.3) is 0 Å². The zero-order chi connectivity index (χ0) is 13.8. The van der Waals surface area contributed by atoms with Crippen LogP contribution in [0.3, 0.4) is 0 Å². The van der Waals surface area contributed by atoms with Gasteiger partial charge in [-0.3, -0.25) is 0 Å². The molecule has 18 heavy (non-hydrogen) atoms. The molecule has 0 aliphatic rings. The van der Waals surface area contributed by atoms with Gasteiger partial charge < -0.3 is 10.1 Å². The third-order valence-corrected chi connectivity index (χ3v) is 2.23. The van der Waals surface area contributed by atoms with Gasteiger partial charge in [0.05, 0.1) is 6.10 Å². The molecule has 0 saturated carbocycles. The van der Waals surface area contributed by atoms with E-state index in [1.807, 2.05) is 6.92 Å². The first kappa shape index (κ1) is 14.5. The fourth-order valence-corrected chi connectivity index (χ4v) is 1.41. The molecule has 0 saturated heterocycles. The molecule has 0 bridgehead atoms. The maximum absolute atomic E-state index is 12.6. The largest absolute Gasteiger partial charge is 0.475 e. The molecule has 1 N–H and O–H groups in total. The molecule has 1 heterocycles. The molecule has 1 aromatic rings. The lowest BCUT2D eigenvalue weighted by Crippen LogP contribution is -2.16. The number of hydrogen-bond acceptors (Lipinski definition) is 4. The van der Waals surface area contributed by atoms with Gasteiger partial charge in [-0.1, -0.05) is 13.3 Å². The second-order valence-electron chi connectivity index (χ2n) is 3.88. The summed E-state index contributed by atoms with van der Waals surface area (Å²) in [4.78, 5) is 6.73. The molecule has 0 aromatic carbocycles. The summed E-state index contributed by atoms with van der Waals surface area (Å²) in [6.45, 7) is 3.76. The quantitative estimate of drug-likeness (QED) is 0.886. The highest BCUT2D eigenvalue weighted by Crippen LogP contribution is 2.29. The van der Waals surface area contributed by atoms with Gasteiger partial charge >= 0.3 is 6.18 Å². The molecular weight excluding hydrogens is 247 g/mol. The summed E-state index contributed by atoms with van der Waals surface area (Å²) < 4.78 is 43.0. The zero-order valence-electron chi connectivity index (χ0n) is 10.5. The van der Waals surface area contributed by atoms with Crippen LogP contribution in [-0.4, -0.2) is 23.1 Å². The number of nitrogens with one attached hydrogen (secondary N) is 1. The third kappa shape index (κ3) is 4.05. The van der Waals surface area contributed by atoms with Crippen molar-refractivity contribution in [3.63, 3.8) is 0 Å². The van der Waals surface area contributed by atoms with E-state index in [-0.39, 0.29) is 17.8 Å². The summed E-state index contributed by atoms with van der Waals surface area (Å²) in [5.41, 5.74) is 0. The predicted octanol–water partition coefficient (Wildman–Crippen LogP) is 3.10. The minimum absolute atomic E-state index is 0.0670. The van der Waals surface area contributed by atoms with Crippen LogP contribution >= 0.6 is 0 Å². The second-order valence-corrected chi connectivity index (χ2v) is 3.88. The SMILES string of the molecule is CCCC(C)Oc1cc(NC)nc(C(F)(F)F)n1. The van der Waals surface area contributed by atoms with Crippen LogP contribution in [0.4, 0.5) is 19.0 Å². The molecule has 0 amide bonds. The Morgan fingerprint density at radius 1 is 1.39 bits per heavy atom. The normalized spacial score (nSPS) is 13.2. The number of ether oxygens (including phenoxy) is 1. The zero-order valence-corrected chi connectivity index (χ0v) is 10.5. The highest BCUT2D eigenvalue weighted by molar-refractivity contribution is 5.38. The van der Waals surface area contributed by atoms with Crippen molar-refractivity contribution in [1.82, 2.24) is 9.97 Å². The van der Waals surface area contributed by atoms with E-state index in [1.54, 1.807) is 6.92 Å². The predicted molar refractivity (Wildman–Crippen MR) is 61.6 cm³/mol. The lowest BCUT2D eigenvalue weighted by Gasteiger charge is -2.15. The Morgan fingerprint density at radius 3 is 2.56 bits per heavy atom. The number of aromatic nitrogens is 2. The molecule has 1 unspecified atom stereocenters. The number of hydrogen-bond donors (Lipinski definition) is 1. The van der Waals surface area contributed by atoms with Crippen molar-refractivity contribution >= 4 is 5.82 Å². The summed E-state index contributed by atoms with van der Waals surface area (Å²) in [5, 5.41) is 2.55. The van der Waals surface area contributed by atoms with E-state index in [0.717, 1.165) is 12.8 Å². The number of nitrogens with zero attached hydrogens (tertiary/aromatic N) is 2. The highest BCUT2D eigenvalue weighted by atomic mass is 19.4. The molecule has 0 aliphatic heterocycles. The van der Waals surface area contributed by atoms with E-state index in [4.69, 9.17) is 4.74 Å². The minimum Gasteiger partial charge on any atom is -0.475 e. The van der Waals surface area contributed by atoms with E-state index >= 15 is 0 Å². The Labute approximate surface area is 104 Å². The molecule has 1 rings (SSSR count). The monoisotopic (exact) mass is 263 g/mol. The Kier molecular flexibility index (Phi) is 4.75. The fourth-order valence-electron chi connectivity index (χ4n) is 1.41. The van der Waals surface area contributed by atoms with Gasteiger partial charge in [0.15, 0.2) is 0 Å². The van der Waals surface area contributed by atoms with Crippen molar-refractivity contribution in [2.24, 2.45) is 0 Å². The molecular formula is C11H16F3N3O. The summed E-state index contributed by atoms with van der Waals surface area (Å²) >= 11 is 0. The Morgan fingerprint density at radius 2 is 2.06 bits per heavy atom. The molecule has 1 aromatic heterocycles. The van der Waals surface area contributed by atoms with Gasteiger partial charge in [0.2, 0.25) is 11.7 Å². The van der Waals surface area contributed by atoms with Crippen LogP contribution in [-0.2, 0) is 6.18 Å². The van der Waals surface area contributed by atoms with Crippen molar-refractivity contribution in [2.45, 2.75) is 39.0 Å². The minimum atomic E-state index is -4.58. The first-order chi connectivity index (χ1) is 8.36. The molecule has 4 nitrogen and oxygen atoms in total. The Bertz CT molecular complexity index is 396. The summed E-state index contributed by atoms with van der Waals surface area (Å²) in [6, 6.07) is 1.35. The molecule has 0 radical (unpaired) electrons. The maximum Gasteiger partial charge on any atom is 0.451 e. The van der Waals surface area contributed by atoms with Crippen LogP contribution in [0.5, 0.6) is 5.88 Å². The number of anilines is 1. The van der Waals surface area contributed by atoms with Crippen LogP contribution in [0.1, 0.15) is 32.5 Å². The van der Waals surface area contributed by atoms with Crippen molar-refractivity contribution in [1.29, 1.82) is 0 Å². The average molecular weight is 263 g/mol. The number of rotatable bonds is 5. The van der Waals surface area contributed by atoms with Gasteiger partial charge in [0.25, 0.3) is 0 Å². The Hall–Kier alpha value is -1.53. The molecule has 102 valence electrons. The van der Waals surface area contributed by atoms with E-state index < -0.39 is 12.0 Å². The van der Waals surface area contributed by atoms with Gasteiger partial charge in [-0.05, 0) is 13.3 Å². The van der Waals surface area contributed by atoms with Crippen molar-refractivity contribution < 1.29 is 17.9 Å². The van der Waals surface area contributed by atoms with E-state index in [0.29, 0.717) is 0 Å². The van der Waals surface area contributed by atoms with Crippen molar-refractivity contribution in [3.05, 3.63) is 11.9 Å². The van der Waals surface area contributed by atoms with E-state index in [9.17, 15) is 13.2 Å². The molecule has 0 aliphatic carbocycles. The lowest BCUT2D eigenvalue weighted by atomic mass is 10.2. The van der Waals surface area contributed by atoms with E-state index in [2.05, 4.69) is 15.3 Å².